The van der Waals surface area contributed by atoms with Crippen LogP contribution in [0.15, 0.2) is 51.8 Å². The molecule has 0 aromatic heterocycles. The first-order valence-corrected chi connectivity index (χ1v) is 9.00. The zero-order chi connectivity index (χ0) is 17.0. The highest BCUT2D eigenvalue weighted by molar-refractivity contribution is 9.10. The fourth-order valence-corrected chi connectivity index (χ4v) is 2.83. The molecule has 122 valence electrons. The highest BCUT2D eigenvalue weighted by Crippen LogP contribution is 2.21. The lowest BCUT2D eigenvalue weighted by Gasteiger charge is -2.08. The Morgan fingerprint density at radius 3 is 2.43 bits per heavy atom. The molecule has 0 saturated carbocycles. The van der Waals surface area contributed by atoms with E-state index in [-0.39, 0.29) is 22.1 Å². The van der Waals surface area contributed by atoms with Crippen molar-refractivity contribution >= 4 is 31.9 Å². The van der Waals surface area contributed by atoms with Gasteiger partial charge in [-0.3, -0.25) is 4.79 Å². The molecule has 0 atom stereocenters. The number of hydrogen-bond acceptors (Lipinski definition) is 4. The van der Waals surface area contributed by atoms with Gasteiger partial charge in [-0.25, -0.2) is 13.6 Å². The summed E-state index contributed by atoms with van der Waals surface area (Å²) in [5.41, 5.74) is 1.04. The van der Waals surface area contributed by atoms with Crippen LogP contribution in [-0.2, 0) is 16.4 Å². The standard InChI is InChI=1S/C15H15BrN2O4S/c16-11-3-6-14(19)13(9-11)15(20)18-8-7-10-1-4-12(5-2-10)23(17,21)22/h1-6,9,19H,7-8H2,(H,18,20)(H2,17,21,22). The van der Waals surface area contributed by atoms with Gasteiger partial charge in [0.1, 0.15) is 5.75 Å². The third-order valence-electron chi connectivity index (χ3n) is 3.15. The van der Waals surface area contributed by atoms with E-state index in [1.54, 1.807) is 18.2 Å². The van der Waals surface area contributed by atoms with Crippen molar-refractivity contribution in [1.29, 1.82) is 0 Å². The van der Waals surface area contributed by atoms with E-state index in [2.05, 4.69) is 21.2 Å². The van der Waals surface area contributed by atoms with Gasteiger partial charge in [0.25, 0.3) is 5.91 Å². The van der Waals surface area contributed by atoms with E-state index in [0.717, 1.165) is 5.56 Å². The maximum absolute atomic E-state index is 12.0. The molecule has 0 aliphatic heterocycles. The van der Waals surface area contributed by atoms with E-state index < -0.39 is 10.0 Å². The topological polar surface area (TPSA) is 109 Å². The summed E-state index contributed by atoms with van der Waals surface area (Å²) in [6, 6.07) is 10.7. The van der Waals surface area contributed by atoms with Gasteiger partial charge < -0.3 is 10.4 Å². The number of hydrogen-bond donors (Lipinski definition) is 3. The minimum atomic E-state index is -3.70. The van der Waals surface area contributed by atoms with Gasteiger partial charge in [0.15, 0.2) is 0 Å². The second-order valence-corrected chi connectivity index (χ2v) is 7.33. The number of aromatic hydroxyl groups is 1. The Morgan fingerprint density at radius 1 is 1.17 bits per heavy atom. The molecule has 1 amide bonds. The van der Waals surface area contributed by atoms with E-state index in [1.807, 2.05) is 0 Å². The molecule has 0 fully saturated rings. The van der Waals surface area contributed by atoms with Gasteiger partial charge in [-0.05, 0) is 42.3 Å². The molecule has 0 unspecified atom stereocenters. The largest absolute Gasteiger partial charge is 0.507 e. The Balaban J connectivity index is 1.94. The van der Waals surface area contributed by atoms with Crippen LogP contribution in [-0.4, -0.2) is 26.0 Å². The summed E-state index contributed by atoms with van der Waals surface area (Å²) in [6.45, 7) is 0.347. The maximum atomic E-state index is 12.0. The van der Waals surface area contributed by atoms with Crippen LogP contribution in [0.1, 0.15) is 15.9 Å². The molecular weight excluding hydrogens is 384 g/mol. The smallest absolute Gasteiger partial charge is 0.255 e. The first-order valence-electron chi connectivity index (χ1n) is 6.66. The summed E-state index contributed by atoms with van der Waals surface area (Å²) in [6.07, 6.45) is 0.519. The number of amides is 1. The first-order chi connectivity index (χ1) is 10.8. The second-order valence-electron chi connectivity index (χ2n) is 4.86. The third kappa shape index (κ3) is 4.78. The predicted octanol–water partition coefficient (Wildman–Crippen LogP) is 1.77. The number of primary sulfonamides is 1. The summed E-state index contributed by atoms with van der Waals surface area (Å²) in [4.78, 5) is 12.1. The lowest BCUT2D eigenvalue weighted by molar-refractivity contribution is 0.0951. The van der Waals surface area contributed by atoms with Gasteiger partial charge in [-0.2, -0.15) is 0 Å². The fourth-order valence-electron chi connectivity index (χ4n) is 1.95. The van der Waals surface area contributed by atoms with Gasteiger partial charge in [0, 0.05) is 11.0 Å². The number of nitrogens with one attached hydrogen (secondary N) is 1. The number of nitrogens with two attached hydrogens (primary N) is 1. The summed E-state index contributed by atoms with van der Waals surface area (Å²) in [5, 5.41) is 17.4. The second kappa shape index (κ2) is 7.12. The maximum Gasteiger partial charge on any atom is 0.255 e. The third-order valence-corrected chi connectivity index (χ3v) is 4.58. The predicted molar refractivity (Wildman–Crippen MR) is 89.7 cm³/mol. The zero-order valence-electron chi connectivity index (χ0n) is 12.0. The summed E-state index contributed by atoms with van der Waals surface area (Å²) < 4.78 is 23.0. The summed E-state index contributed by atoms with van der Waals surface area (Å²) in [5.74, 6) is -0.479. The van der Waals surface area contributed by atoms with E-state index in [4.69, 9.17) is 5.14 Å². The Morgan fingerprint density at radius 2 is 1.83 bits per heavy atom. The Bertz CT molecular complexity index is 820. The van der Waals surface area contributed by atoms with Gasteiger partial charge in [0.05, 0.1) is 10.5 Å². The molecule has 6 nitrogen and oxygen atoms in total. The number of carbonyl (C=O) groups is 1. The summed E-state index contributed by atoms with van der Waals surface area (Å²) in [7, 11) is -3.70. The van der Waals surface area contributed by atoms with Crippen LogP contribution in [0.4, 0.5) is 0 Å². The monoisotopic (exact) mass is 398 g/mol. The minimum absolute atomic E-state index is 0.0457. The van der Waals surface area contributed by atoms with Crippen LogP contribution in [0.2, 0.25) is 0 Å². The van der Waals surface area contributed by atoms with Crippen molar-refractivity contribution in [2.45, 2.75) is 11.3 Å². The van der Waals surface area contributed by atoms with Gasteiger partial charge in [0.2, 0.25) is 10.0 Å². The van der Waals surface area contributed by atoms with Gasteiger partial charge in [-0.15, -0.1) is 0 Å². The molecule has 0 heterocycles. The number of carbonyl (C=O) groups excluding carboxylic acids is 1. The van der Waals surface area contributed by atoms with Crippen LogP contribution in [0.25, 0.3) is 0 Å². The molecule has 2 rings (SSSR count). The normalized spacial score (nSPS) is 11.2. The Labute approximate surface area is 142 Å². The van der Waals surface area contributed by atoms with Gasteiger partial charge >= 0.3 is 0 Å². The number of benzene rings is 2. The molecule has 0 aliphatic rings. The van der Waals surface area contributed by atoms with Crippen molar-refractivity contribution in [1.82, 2.24) is 5.32 Å². The average Bonchev–Trinajstić information content (AvgIpc) is 2.49. The van der Waals surface area contributed by atoms with Crippen molar-refractivity contribution in [2.24, 2.45) is 5.14 Å². The number of phenols is 1. The SMILES string of the molecule is NS(=O)(=O)c1ccc(CCNC(=O)c2cc(Br)ccc2O)cc1. The number of halogens is 1. The quantitative estimate of drug-likeness (QED) is 0.712. The van der Waals surface area contributed by atoms with Crippen LogP contribution in [0.3, 0.4) is 0 Å². The van der Waals surface area contributed by atoms with Crippen molar-refractivity contribution in [2.75, 3.05) is 6.54 Å². The van der Waals surface area contributed by atoms with Crippen LogP contribution < -0.4 is 10.5 Å². The molecule has 4 N–H and O–H groups in total. The molecule has 0 radical (unpaired) electrons. The van der Waals surface area contributed by atoms with Gasteiger partial charge in [-0.1, -0.05) is 28.1 Å². The van der Waals surface area contributed by atoms with E-state index in [1.165, 1.54) is 24.3 Å². The molecule has 2 aromatic carbocycles. The van der Waals surface area contributed by atoms with Crippen LogP contribution in [0, 0.1) is 0 Å². The molecule has 2 aromatic rings. The lowest BCUT2D eigenvalue weighted by atomic mass is 10.1. The Kier molecular flexibility index (Phi) is 5.40. The number of sulfonamides is 1. The molecular formula is C15H15BrN2O4S. The van der Waals surface area contributed by atoms with E-state index >= 15 is 0 Å². The minimum Gasteiger partial charge on any atom is -0.507 e. The molecule has 0 aliphatic carbocycles. The number of rotatable bonds is 5. The van der Waals surface area contributed by atoms with Crippen molar-refractivity contribution < 1.29 is 18.3 Å². The van der Waals surface area contributed by atoms with Crippen molar-refractivity contribution in [3.05, 3.63) is 58.1 Å². The van der Waals surface area contributed by atoms with Crippen molar-refractivity contribution in [3.8, 4) is 5.75 Å². The molecule has 23 heavy (non-hydrogen) atoms. The number of phenolic OH excluding ortho intramolecular Hbond substituents is 1. The molecule has 0 spiro atoms. The molecule has 0 saturated heterocycles. The van der Waals surface area contributed by atoms with Crippen LogP contribution in [0.5, 0.6) is 5.75 Å². The highest BCUT2D eigenvalue weighted by atomic mass is 79.9. The fraction of sp³-hybridized carbons (Fsp3) is 0.133. The zero-order valence-corrected chi connectivity index (χ0v) is 14.4. The average molecular weight is 399 g/mol. The van der Waals surface area contributed by atoms with E-state index in [9.17, 15) is 18.3 Å². The van der Waals surface area contributed by atoms with Crippen molar-refractivity contribution in [3.63, 3.8) is 0 Å². The summed E-state index contributed by atoms with van der Waals surface area (Å²) >= 11 is 3.24. The van der Waals surface area contributed by atoms with E-state index in [0.29, 0.717) is 17.4 Å². The lowest BCUT2D eigenvalue weighted by Crippen LogP contribution is -2.25. The molecule has 0 bridgehead atoms. The first kappa shape index (κ1) is 17.5. The Hall–Kier alpha value is -1.90. The molecule has 8 heteroatoms. The highest BCUT2D eigenvalue weighted by Gasteiger charge is 2.11. The van der Waals surface area contributed by atoms with Crippen LogP contribution >= 0.6 is 15.9 Å².